The third-order valence-corrected chi connectivity index (χ3v) is 14.1. The maximum atomic E-state index is 14.7. The predicted octanol–water partition coefficient (Wildman–Crippen LogP) is 6.25. The summed E-state index contributed by atoms with van der Waals surface area (Å²) >= 11 is 0. The molecule has 2 aliphatic heterocycles. The fraction of sp³-hybridized carbons (Fsp3) is 0.676. The summed E-state index contributed by atoms with van der Waals surface area (Å²) in [5.74, 6) is 0.668. The molecule has 8 atom stereocenters. The van der Waals surface area contributed by atoms with E-state index >= 15 is 0 Å². The van der Waals surface area contributed by atoms with Gasteiger partial charge < -0.3 is 20.0 Å². The van der Waals surface area contributed by atoms with Gasteiger partial charge >= 0.3 is 6.18 Å². The Hall–Kier alpha value is -2.65. The minimum absolute atomic E-state index is 0.0499. The molecule has 2 N–H and O–H groups in total. The Bertz CT molecular complexity index is 1560. The summed E-state index contributed by atoms with van der Waals surface area (Å²) in [4.78, 5) is 24.2. The number of allylic oxidation sites excluding steroid dienone is 4. The second-order valence-corrected chi connectivity index (χ2v) is 16.0. The van der Waals surface area contributed by atoms with Crippen LogP contribution in [0.4, 0.5) is 13.2 Å². The Morgan fingerprint density at radius 3 is 2.54 bits per heavy atom. The van der Waals surface area contributed by atoms with Gasteiger partial charge in [-0.3, -0.25) is 9.79 Å². The quantitative estimate of drug-likeness (QED) is 0.302. The molecule has 1 saturated heterocycles. The number of aliphatic imine (C=N–C) groups is 1. The van der Waals surface area contributed by atoms with E-state index in [4.69, 9.17) is 4.99 Å². The summed E-state index contributed by atoms with van der Waals surface area (Å²) in [6, 6.07) is 4.83. The van der Waals surface area contributed by atoms with Crippen molar-refractivity contribution in [2.45, 2.75) is 89.5 Å². The maximum absolute atomic E-state index is 14.7. The van der Waals surface area contributed by atoms with Gasteiger partial charge in [0.1, 0.15) is 0 Å². The molecule has 9 rings (SSSR count). The van der Waals surface area contributed by atoms with Crippen molar-refractivity contribution in [1.29, 1.82) is 0 Å². The van der Waals surface area contributed by atoms with Gasteiger partial charge in [-0.15, -0.1) is 0 Å². The van der Waals surface area contributed by atoms with E-state index in [2.05, 4.69) is 41.9 Å². The van der Waals surface area contributed by atoms with Crippen molar-refractivity contribution in [3.05, 3.63) is 59.2 Å². The van der Waals surface area contributed by atoms with E-state index in [-0.39, 0.29) is 28.6 Å². The molecule has 8 unspecified atom stereocenters. The molecule has 6 nitrogen and oxygen atoms in total. The number of halogens is 3. The summed E-state index contributed by atoms with van der Waals surface area (Å²) in [6.07, 6.45) is 8.53. The number of ketones is 1. The topological polar surface area (TPSA) is 76.4 Å². The number of Topliss-reactive ketones (excluding diaryl/α,β-unsaturated/α-hetero) is 1. The number of nitrogens with zero attached hydrogens (tertiary/aromatic N) is 3. The third-order valence-electron chi connectivity index (χ3n) is 14.1. The summed E-state index contributed by atoms with van der Waals surface area (Å²) in [5, 5.41) is 23.7. The average Bonchev–Trinajstić information content (AvgIpc) is 3.30. The zero-order chi connectivity index (χ0) is 32.3. The minimum Gasteiger partial charge on any atom is -0.393 e. The lowest BCUT2D eigenvalue weighted by molar-refractivity contribution is -0.174. The summed E-state index contributed by atoms with van der Waals surface area (Å²) in [5.41, 5.74) is -3.17. The Morgan fingerprint density at radius 2 is 1.74 bits per heavy atom. The summed E-state index contributed by atoms with van der Waals surface area (Å²) in [6.45, 7) is 8.66. The first-order chi connectivity index (χ1) is 21.8. The number of alkyl halides is 3. The molecule has 8 aliphatic rings. The minimum atomic E-state index is -4.56. The lowest BCUT2D eigenvalue weighted by Crippen LogP contribution is -2.68. The van der Waals surface area contributed by atoms with Gasteiger partial charge in [0.05, 0.1) is 23.8 Å². The van der Waals surface area contributed by atoms with Crippen molar-refractivity contribution in [3.8, 4) is 0 Å². The van der Waals surface area contributed by atoms with Crippen LogP contribution in [0, 0.1) is 33.5 Å². The lowest BCUT2D eigenvalue weighted by atomic mass is 9.32. The molecule has 46 heavy (non-hydrogen) atoms. The van der Waals surface area contributed by atoms with Gasteiger partial charge in [-0.05, 0) is 87.2 Å². The molecule has 4 fully saturated rings. The number of guanidine groups is 1. The Labute approximate surface area is 269 Å². The number of benzene rings is 1. The number of hydrogen-bond donors (Lipinski definition) is 2. The molecule has 2 heterocycles. The molecular weight excluding hydrogens is 591 g/mol. The highest BCUT2D eigenvalue weighted by Gasteiger charge is 2.74. The summed E-state index contributed by atoms with van der Waals surface area (Å²) < 4.78 is 41.4. The van der Waals surface area contributed by atoms with Crippen molar-refractivity contribution in [1.82, 2.24) is 9.80 Å². The van der Waals surface area contributed by atoms with E-state index < -0.39 is 39.7 Å². The largest absolute Gasteiger partial charge is 0.416 e. The number of aliphatic hydroxyl groups excluding tert-OH is 1. The van der Waals surface area contributed by atoms with Gasteiger partial charge in [0, 0.05) is 53.6 Å². The number of aliphatic hydroxyl groups is 2. The Balaban J connectivity index is 1.23. The molecular formula is C37H46F3N3O3. The van der Waals surface area contributed by atoms with Crippen molar-refractivity contribution < 1.29 is 28.2 Å². The van der Waals surface area contributed by atoms with E-state index in [1.54, 1.807) is 0 Å². The Morgan fingerprint density at radius 1 is 1.00 bits per heavy atom. The van der Waals surface area contributed by atoms with Crippen LogP contribution in [0.25, 0.3) is 0 Å². The van der Waals surface area contributed by atoms with Crippen LogP contribution in [0.15, 0.2) is 53.1 Å². The second kappa shape index (κ2) is 9.94. The smallest absolute Gasteiger partial charge is 0.393 e. The van der Waals surface area contributed by atoms with E-state index in [1.807, 2.05) is 0 Å². The van der Waals surface area contributed by atoms with Gasteiger partial charge in [-0.2, -0.15) is 13.2 Å². The van der Waals surface area contributed by atoms with Gasteiger partial charge in [0.25, 0.3) is 0 Å². The highest BCUT2D eigenvalue weighted by molar-refractivity contribution is 6.10. The van der Waals surface area contributed by atoms with Crippen LogP contribution in [-0.4, -0.2) is 76.2 Å². The number of β-amino-alcohol motifs (C(OH)–C–C–N with tert-alkyl or cyclic N) is 1. The van der Waals surface area contributed by atoms with Crippen LogP contribution in [0.1, 0.15) is 87.6 Å². The number of hydrogen-bond acceptors (Lipinski definition) is 6. The maximum Gasteiger partial charge on any atom is 0.416 e. The van der Waals surface area contributed by atoms with E-state index in [9.17, 15) is 28.2 Å². The summed E-state index contributed by atoms with van der Waals surface area (Å²) in [7, 11) is 0. The van der Waals surface area contributed by atoms with Crippen molar-refractivity contribution in [3.63, 3.8) is 0 Å². The fourth-order valence-electron chi connectivity index (χ4n) is 11.8. The molecule has 3 saturated carbocycles. The van der Waals surface area contributed by atoms with Crippen LogP contribution in [0.5, 0.6) is 0 Å². The van der Waals surface area contributed by atoms with E-state index in [1.165, 1.54) is 12.1 Å². The predicted molar refractivity (Wildman–Crippen MR) is 169 cm³/mol. The lowest BCUT2D eigenvalue weighted by Gasteiger charge is -2.71. The van der Waals surface area contributed by atoms with Crippen LogP contribution in [-0.2, 0) is 6.18 Å². The third kappa shape index (κ3) is 3.96. The van der Waals surface area contributed by atoms with Crippen molar-refractivity contribution in [2.24, 2.45) is 38.5 Å². The molecule has 1 aromatic carbocycles. The van der Waals surface area contributed by atoms with Crippen LogP contribution in [0.3, 0.4) is 0 Å². The first-order valence-electron chi connectivity index (χ1n) is 17.4. The highest BCUT2D eigenvalue weighted by Crippen LogP contribution is 2.78. The number of fused-ring (bicyclic) bond motifs is 2. The van der Waals surface area contributed by atoms with Gasteiger partial charge in [0.15, 0.2) is 11.7 Å². The molecule has 6 aliphatic carbocycles. The zero-order valence-corrected chi connectivity index (χ0v) is 27.0. The van der Waals surface area contributed by atoms with E-state index in [0.29, 0.717) is 31.4 Å². The standard InChI is InChI=1S/C37H46F3N3O3/c1-32-11-8-26(44)21-34(32)14-15-36(27(22-34)30(45)24-6-3-7-25(20-24)37(38,39)40)28(32)9-12-33(2)29(36)10-13-35(33,46)23-43-19-5-18-42-17-4-16-41-31(42)43/h3,6-7,14-15,20,22,26,28-29,44,46H,4-5,8-13,16-19,21,23H2,1-2H3. The number of carbonyl (C=O) groups is 1. The molecule has 2 bridgehead atoms. The highest BCUT2D eigenvalue weighted by atomic mass is 19.4. The first kappa shape index (κ1) is 30.7. The number of carbonyl (C=O) groups excluding carboxylic acids is 1. The van der Waals surface area contributed by atoms with Crippen LogP contribution >= 0.6 is 0 Å². The zero-order valence-electron chi connectivity index (χ0n) is 27.0. The SMILES string of the molecule is CC12CCC(O)CC13C=CC1(C(C(=O)c4cccc(C(F)(F)F)c4)=C3)C2CCC2(C)C1CCC2(O)CN1CCCN2CCCN=C21. The fourth-order valence-corrected chi connectivity index (χ4v) is 11.8. The molecule has 0 aromatic heterocycles. The molecule has 9 heteroatoms. The Kier molecular flexibility index (Phi) is 6.63. The second-order valence-electron chi connectivity index (χ2n) is 16.0. The average molecular weight is 638 g/mol. The molecule has 2 spiro atoms. The van der Waals surface area contributed by atoms with Crippen molar-refractivity contribution >= 4 is 11.7 Å². The molecule has 248 valence electrons. The molecule has 0 amide bonds. The number of rotatable bonds is 4. The first-order valence-corrected chi connectivity index (χ1v) is 17.4. The van der Waals surface area contributed by atoms with Crippen LogP contribution in [0.2, 0.25) is 0 Å². The van der Waals surface area contributed by atoms with Gasteiger partial charge in [0.2, 0.25) is 0 Å². The van der Waals surface area contributed by atoms with Crippen LogP contribution < -0.4 is 0 Å². The monoisotopic (exact) mass is 637 g/mol. The normalized spacial score (nSPS) is 42.9. The molecule has 1 aromatic rings. The molecule has 0 radical (unpaired) electrons. The van der Waals surface area contributed by atoms with E-state index in [0.717, 1.165) is 82.8 Å². The van der Waals surface area contributed by atoms with Gasteiger partial charge in [-0.1, -0.05) is 44.2 Å². The van der Waals surface area contributed by atoms with Crippen molar-refractivity contribution in [2.75, 3.05) is 32.7 Å². The van der Waals surface area contributed by atoms with Gasteiger partial charge in [-0.25, -0.2) is 0 Å².